The average Bonchev–Trinajstić information content (AvgIpc) is 2.64. The highest BCUT2D eigenvalue weighted by molar-refractivity contribution is 5.89. The number of carbonyl (C=O) groups is 1. The zero-order chi connectivity index (χ0) is 19.4. The van der Waals surface area contributed by atoms with Crippen LogP contribution in [0.2, 0.25) is 0 Å². The van der Waals surface area contributed by atoms with Crippen LogP contribution in [-0.2, 0) is 4.74 Å². The molecule has 2 aromatic carbocycles. The minimum absolute atomic E-state index is 0.362. The van der Waals surface area contributed by atoms with Crippen molar-refractivity contribution in [3.8, 4) is 0 Å². The van der Waals surface area contributed by atoms with E-state index >= 15 is 0 Å². The lowest BCUT2D eigenvalue weighted by Crippen LogP contribution is -2.04. The Bertz CT molecular complexity index is 968. The van der Waals surface area contributed by atoms with E-state index in [1.54, 1.807) is 12.1 Å². The summed E-state index contributed by atoms with van der Waals surface area (Å²) in [5, 5.41) is 6.53. The topological polar surface area (TPSA) is 76.1 Å². The molecule has 0 aliphatic rings. The Labute approximate surface area is 158 Å². The quantitative estimate of drug-likeness (QED) is 0.642. The molecule has 27 heavy (non-hydrogen) atoms. The molecule has 0 radical (unpaired) electrons. The summed E-state index contributed by atoms with van der Waals surface area (Å²) < 4.78 is 4.71. The first-order valence-electron chi connectivity index (χ1n) is 8.60. The molecule has 6 nitrogen and oxygen atoms in total. The molecule has 0 spiro atoms. The SMILES string of the molecule is COC(=O)c1ccc(Nc2cc(C)nc(Nc3cc(C)ccc3C)n2)cc1. The minimum Gasteiger partial charge on any atom is -0.465 e. The number of carbonyl (C=O) groups excluding carboxylic acids is 1. The average molecular weight is 362 g/mol. The number of aryl methyl sites for hydroxylation is 3. The third-order valence-corrected chi connectivity index (χ3v) is 4.07. The standard InChI is InChI=1S/C21H22N4O2/c1-13-5-6-14(2)18(11-13)24-21-22-15(3)12-19(25-21)23-17-9-7-16(8-10-17)20(26)27-4/h5-12H,1-4H3,(H2,22,23,24,25). The fraction of sp³-hybridized carbons (Fsp3) is 0.190. The molecule has 1 heterocycles. The highest BCUT2D eigenvalue weighted by Crippen LogP contribution is 2.22. The molecule has 0 fully saturated rings. The summed E-state index contributed by atoms with van der Waals surface area (Å²) in [6, 6.07) is 15.1. The van der Waals surface area contributed by atoms with E-state index in [9.17, 15) is 4.79 Å². The van der Waals surface area contributed by atoms with Gasteiger partial charge in [-0.05, 0) is 62.2 Å². The van der Waals surface area contributed by atoms with Crippen LogP contribution in [0.25, 0.3) is 0 Å². The maximum absolute atomic E-state index is 11.5. The molecule has 0 unspecified atom stereocenters. The molecule has 3 aromatic rings. The smallest absolute Gasteiger partial charge is 0.337 e. The van der Waals surface area contributed by atoms with E-state index < -0.39 is 0 Å². The molecule has 1 aromatic heterocycles. The van der Waals surface area contributed by atoms with Crippen molar-refractivity contribution in [1.29, 1.82) is 0 Å². The molecule has 0 aliphatic carbocycles. The Morgan fingerprint density at radius 3 is 2.37 bits per heavy atom. The highest BCUT2D eigenvalue weighted by Gasteiger charge is 2.07. The number of hydrogen-bond donors (Lipinski definition) is 2. The number of hydrogen-bond acceptors (Lipinski definition) is 6. The second-order valence-electron chi connectivity index (χ2n) is 6.36. The number of ether oxygens (including phenoxy) is 1. The second-order valence-corrected chi connectivity index (χ2v) is 6.36. The predicted octanol–water partition coefficient (Wildman–Crippen LogP) is 4.68. The number of benzene rings is 2. The lowest BCUT2D eigenvalue weighted by Gasteiger charge is -2.12. The molecule has 0 atom stereocenters. The number of aromatic nitrogens is 2. The summed E-state index contributed by atoms with van der Waals surface area (Å²) in [6.45, 7) is 6.01. The summed E-state index contributed by atoms with van der Waals surface area (Å²) in [7, 11) is 1.36. The van der Waals surface area contributed by atoms with Gasteiger partial charge in [0.2, 0.25) is 5.95 Å². The zero-order valence-electron chi connectivity index (χ0n) is 15.8. The Morgan fingerprint density at radius 1 is 0.926 bits per heavy atom. The van der Waals surface area contributed by atoms with Gasteiger partial charge in [0, 0.05) is 23.1 Å². The molecule has 0 saturated carbocycles. The number of esters is 1. The number of anilines is 4. The first-order chi connectivity index (χ1) is 12.9. The van der Waals surface area contributed by atoms with Gasteiger partial charge in [-0.3, -0.25) is 0 Å². The summed E-state index contributed by atoms with van der Waals surface area (Å²) in [5.41, 5.74) is 5.43. The maximum Gasteiger partial charge on any atom is 0.337 e. The van der Waals surface area contributed by atoms with E-state index in [-0.39, 0.29) is 5.97 Å². The number of rotatable bonds is 5. The molecule has 0 amide bonds. The largest absolute Gasteiger partial charge is 0.465 e. The van der Waals surface area contributed by atoms with Crippen LogP contribution in [0.15, 0.2) is 48.5 Å². The van der Waals surface area contributed by atoms with Crippen molar-refractivity contribution in [2.75, 3.05) is 17.7 Å². The molecular formula is C21H22N4O2. The third kappa shape index (κ3) is 4.61. The summed E-state index contributed by atoms with van der Waals surface area (Å²) in [6.07, 6.45) is 0. The van der Waals surface area contributed by atoms with Crippen molar-refractivity contribution in [2.45, 2.75) is 20.8 Å². The molecule has 3 rings (SSSR count). The highest BCUT2D eigenvalue weighted by atomic mass is 16.5. The first kappa shape index (κ1) is 18.4. The molecule has 0 bridgehead atoms. The van der Waals surface area contributed by atoms with Gasteiger partial charge >= 0.3 is 5.97 Å². The summed E-state index contributed by atoms with van der Waals surface area (Å²) in [5.74, 6) is 0.831. The molecular weight excluding hydrogens is 340 g/mol. The molecule has 0 aliphatic heterocycles. The van der Waals surface area contributed by atoms with E-state index in [0.29, 0.717) is 17.3 Å². The Hall–Kier alpha value is -3.41. The van der Waals surface area contributed by atoms with Crippen molar-refractivity contribution in [2.24, 2.45) is 0 Å². The van der Waals surface area contributed by atoms with Gasteiger partial charge in [-0.15, -0.1) is 0 Å². The van der Waals surface area contributed by atoms with Crippen molar-refractivity contribution in [3.05, 3.63) is 70.9 Å². The predicted molar refractivity (Wildman–Crippen MR) is 107 cm³/mol. The van der Waals surface area contributed by atoms with Gasteiger partial charge in [0.15, 0.2) is 0 Å². The van der Waals surface area contributed by atoms with Crippen LogP contribution in [0.4, 0.5) is 23.1 Å². The fourth-order valence-electron chi connectivity index (χ4n) is 2.63. The van der Waals surface area contributed by atoms with Crippen LogP contribution in [0.5, 0.6) is 0 Å². The van der Waals surface area contributed by atoms with E-state index in [1.165, 1.54) is 12.7 Å². The third-order valence-electron chi connectivity index (χ3n) is 4.07. The Balaban J connectivity index is 1.81. The number of nitrogens with one attached hydrogen (secondary N) is 2. The van der Waals surface area contributed by atoms with Crippen LogP contribution in [0.1, 0.15) is 27.2 Å². The van der Waals surface area contributed by atoms with Crippen LogP contribution in [0.3, 0.4) is 0 Å². The van der Waals surface area contributed by atoms with Crippen LogP contribution in [0, 0.1) is 20.8 Å². The van der Waals surface area contributed by atoms with Crippen LogP contribution < -0.4 is 10.6 Å². The monoisotopic (exact) mass is 362 g/mol. The van der Waals surface area contributed by atoms with Gasteiger partial charge in [-0.25, -0.2) is 9.78 Å². The van der Waals surface area contributed by atoms with E-state index in [2.05, 4.69) is 38.8 Å². The number of methoxy groups -OCH3 is 1. The van der Waals surface area contributed by atoms with Gasteiger partial charge in [0.25, 0.3) is 0 Å². The van der Waals surface area contributed by atoms with Gasteiger partial charge in [-0.2, -0.15) is 4.98 Å². The van der Waals surface area contributed by atoms with Crippen LogP contribution in [-0.4, -0.2) is 23.0 Å². The molecule has 6 heteroatoms. The zero-order valence-corrected chi connectivity index (χ0v) is 15.8. The lowest BCUT2D eigenvalue weighted by molar-refractivity contribution is 0.0601. The number of nitrogens with zero attached hydrogens (tertiary/aromatic N) is 2. The summed E-state index contributed by atoms with van der Waals surface area (Å²) in [4.78, 5) is 20.5. The maximum atomic E-state index is 11.5. The minimum atomic E-state index is -0.362. The van der Waals surface area contributed by atoms with E-state index in [4.69, 9.17) is 4.74 Å². The molecule has 138 valence electrons. The van der Waals surface area contributed by atoms with Crippen LogP contribution >= 0.6 is 0 Å². The van der Waals surface area contributed by atoms with E-state index in [0.717, 1.165) is 22.6 Å². The summed E-state index contributed by atoms with van der Waals surface area (Å²) >= 11 is 0. The van der Waals surface area contributed by atoms with Gasteiger partial charge in [0.05, 0.1) is 12.7 Å². The first-order valence-corrected chi connectivity index (χ1v) is 8.60. The van der Waals surface area contributed by atoms with Gasteiger partial charge < -0.3 is 15.4 Å². The van der Waals surface area contributed by atoms with E-state index in [1.807, 2.05) is 39.0 Å². The molecule has 0 saturated heterocycles. The van der Waals surface area contributed by atoms with Gasteiger partial charge in [-0.1, -0.05) is 12.1 Å². The normalized spacial score (nSPS) is 10.4. The fourth-order valence-corrected chi connectivity index (χ4v) is 2.63. The van der Waals surface area contributed by atoms with Gasteiger partial charge in [0.1, 0.15) is 5.82 Å². The Kier molecular flexibility index (Phi) is 5.35. The van der Waals surface area contributed by atoms with Crippen molar-refractivity contribution in [3.63, 3.8) is 0 Å². The van der Waals surface area contributed by atoms with Crippen molar-refractivity contribution < 1.29 is 9.53 Å². The van der Waals surface area contributed by atoms with Crippen molar-refractivity contribution >= 4 is 29.1 Å². The Morgan fingerprint density at radius 2 is 1.67 bits per heavy atom. The lowest BCUT2D eigenvalue weighted by atomic mass is 10.1. The molecule has 2 N–H and O–H groups in total. The second kappa shape index (κ2) is 7.86. The van der Waals surface area contributed by atoms with Crippen molar-refractivity contribution in [1.82, 2.24) is 9.97 Å².